The van der Waals surface area contributed by atoms with Crippen molar-refractivity contribution in [2.45, 2.75) is 19.8 Å². The second kappa shape index (κ2) is 6.42. The third-order valence-corrected chi connectivity index (χ3v) is 4.79. The predicted octanol–water partition coefficient (Wildman–Crippen LogP) is 4.20. The molecule has 0 saturated carbocycles. The van der Waals surface area contributed by atoms with E-state index in [4.69, 9.17) is 4.74 Å². The first kappa shape index (κ1) is 13.7. The van der Waals surface area contributed by atoms with E-state index in [1.807, 2.05) is 11.3 Å². The van der Waals surface area contributed by atoms with Crippen LogP contribution in [0.5, 0.6) is 5.75 Å². The van der Waals surface area contributed by atoms with Crippen molar-refractivity contribution in [1.82, 2.24) is 4.90 Å². The quantitative estimate of drug-likeness (QED) is 0.817. The topological polar surface area (TPSA) is 12.5 Å². The van der Waals surface area contributed by atoms with Crippen molar-refractivity contribution in [3.8, 4) is 16.2 Å². The predicted molar refractivity (Wildman–Crippen MR) is 85.7 cm³/mol. The third kappa shape index (κ3) is 3.22. The number of hydrogen-bond donors (Lipinski definition) is 0. The van der Waals surface area contributed by atoms with Crippen molar-refractivity contribution < 1.29 is 4.74 Å². The van der Waals surface area contributed by atoms with E-state index in [2.05, 4.69) is 48.2 Å². The fourth-order valence-corrected chi connectivity index (χ4v) is 3.56. The molecule has 0 atom stereocenters. The van der Waals surface area contributed by atoms with Crippen molar-refractivity contribution in [2.75, 3.05) is 26.2 Å². The molecule has 0 N–H and O–H groups in total. The summed E-state index contributed by atoms with van der Waals surface area (Å²) in [4.78, 5) is 5.11. The molecule has 1 fully saturated rings. The van der Waals surface area contributed by atoms with Crippen LogP contribution in [0.15, 0.2) is 36.4 Å². The van der Waals surface area contributed by atoms with Crippen LogP contribution >= 0.6 is 11.3 Å². The molecule has 0 spiro atoms. The number of para-hydroxylation sites is 1. The molecule has 1 aromatic heterocycles. The molecule has 2 aromatic rings. The first-order valence-corrected chi connectivity index (χ1v) is 8.15. The zero-order chi connectivity index (χ0) is 13.8. The molecule has 1 aromatic carbocycles. The number of ether oxygens (including phenoxy) is 1. The molecule has 0 aliphatic carbocycles. The lowest BCUT2D eigenvalue weighted by atomic mass is 10.1. The molecule has 0 amide bonds. The fraction of sp³-hybridized carbons (Fsp3) is 0.412. The Kier molecular flexibility index (Phi) is 4.38. The van der Waals surface area contributed by atoms with Gasteiger partial charge in [-0.2, -0.15) is 0 Å². The normalized spacial score (nSPS) is 15.7. The van der Waals surface area contributed by atoms with Gasteiger partial charge in [-0.05, 0) is 57.1 Å². The standard InChI is InChI=1S/C17H21NOS/c1-14-8-9-17(20-14)15-6-2-3-7-16(15)19-13-12-18-10-4-5-11-18/h2-3,6-9H,4-5,10-13H2,1H3. The van der Waals surface area contributed by atoms with Crippen LogP contribution in [0.1, 0.15) is 17.7 Å². The van der Waals surface area contributed by atoms with Crippen LogP contribution in [0.25, 0.3) is 10.4 Å². The molecule has 106 valence electrons. The fourth-order valence-electron chi connectivity index (χ4n) is 2.67. The molecule has 1 saturated heterocycles. The van der Waals surface area contributed by atoms with E-state index in [0.717, 1.165) is 18.9 Å². The minimum Gasteiger partial charge on any atom is -0.492 e. The number of benzene rings is 1. The molecule has 1 aliphatic rings. The molecule has 3 heteroatoms. The second-order valence-electron chi connectivity index (χ2n) is 5.30. The molecule has 20 heavy (non-hydrogen) atoms. The summed E-state index contributed by atoms with van der Waals surface area (Å²) in [5.41, 5.74) is 1.21. The summed E-state index contributed by atoms with van der Waals surface area (Å²) in [6.07, 6.45) is 2.68. The van der Waals surface area contributed by atoms with Crippen LogP contribution in [0.4, 0.5) is 0 Å². The van der Waals surface area contributed by atoms with E-state index in [1.54, 1.807) is 0 Å². The van der Waals surface area contributed by atoms with Crippen molar-refractivity contribution in [1.29, 1.82) is 0 Å². The Morgan fingerprint density at radius 2 is 1.90 bits per heavy atom. The molecule has 1 aliphatic heterocycles. The first-order chi connectivity index (χ1) is 9.83. The molecular weight excluding hydrogens is 266 g/mol. The van der Waals surface area contributed by atoms with Crippen molar-refractivity contribution in [3.63, 3.8) is 0 Å². The van der Waals surface area contributed by atoms with Gasteiger partial charge in [-0.25, -0.2) is 0 Å². The molecular formula is C17H21NOS. The number of aryl methyl sites for hydroxylation is 1. The lowest BCUT2D eigenvalue weighted by Crippen LogP contribution is -2.25. The summed E-state index contributed by atoms with van der Waals surface area (Å²) in [6, 6.07) is 12.7. The van der Waals surface area contributed by atoms with Gasteiger partial charge in [0.2, 0.25) is 0 Å². The van der Waals surface area contributed by atoms with Gasteiger partial charge in [0.25, 0.3) is 0 Å². The van der Waals surface area contributed by atoms with Crippen LogP contribution in [-0.2, 0) is 0 Å². The van der Waals surface area contributed by atoms with Gasteiger partial charge in [0.05, 0.1) is 0 Å². The molecule has 2 nitrogen and oxygen atoms in total. The first-order valence-electron chi connectivity index (χ1n) is 7.34. The van der Waals surface area contributed by atoms with E-state index >= 15 is 0 Å². The van der Waals surface area contributed by atoms with Crippen LogP contribution < -0.4 is 4.74 Å². The second-order valence-corrected chi connectivity index (χ2v) is 6.59. The lowest BCUT2D eigenvalue weighted by molar-refractivity contribution is 0.238. The number of likely N-dealkylation sites (tertiary alicyclic amines) is 1. The maximum absolute atomic E-state index is 6.03. The Bertz CT molecular complexity index is 558. The highest BCUT2D eigenvalue weighted by atomic mass is 32.1. The Labute approximate surface area is 125 Å². The van der Waals surface area contributed by atoms with Gasteiger partial charge in [0, 0.05) is 21.9 Å². The number of hydrogen-bond acceptors (Lipinski definition) is 3. The van der Waals surface area contributed by atoms with Crippen LogP contribution in [-0.4, -0.2) is 31.1 Å². The van der Waals surface area contributed by atoms with E-state index < -0.39 is 0 Å². The summed E-state index contributed by atoms with van der Waals surface area (Å²) in [5.74, 6) is 1.01. The van der Waals surface area contributed by atoms with Gasteiger partial charge < -0.3 is 4.74 Å². The van der Waals surface area contributed by atoms with Crippen molar-refractivity contribution >= 4 is 11.3 Å². The highest BCUT2D eigenvalue weighted by molar-refractivity contribution is 7.15. The minimum atomic E-state index is 0.779. The van der Waals surface area contributed by atoms with Gasteiger partial charge in [-0.1, -0.05) is 12.1 Å². The van der Waals surface area contributed by atoms with Crippen LogP contribution in [0.3, 0.4) is 0 Å². The number of nitrogens with zero attached hydrogens (tertiary/aromatic N) is 1. The van der Waals surface area contributed by atoms with E-state index in [9.17, 15) is 0 Å². The van der Waals surface area contributed by atoms with Gasteiger partial charge in [-0.15, -0.1) is 11.3 Å². The molecule has 0 radical (unpaired) electrons. The zero-order valence-electron chi connectivity index (χ0n) is 12.0. The number of thiophene rings is 1. The zero-order valence-corrected chi connectivity index (χ0v) is 12.8. The van der Waals surface area contributed by atoms with Gasteiger partial charge >= 0.3 is 0 Å². The monoisotopic (exact) mass is 287 g/mol. The SMILES string of the molecule is Cc1ccc(-c2ccccc2OCCN2CCCC2)s1. The van der Waals surface area contributed by atoms with Crippen LogP contribution in [0.2, 0.25) is 0 Å². The lowest BCUT2D eigenvalue weighted by Gasteiger charge is -2.16. The van der Waals surface area contributed by atoms with Crippen LogP contribution in [0, 0.1) is 6.92 Å². The average Bonchev–Trinajstić information content (AvgIpc) is 3.11. The van der Waals surface area contributed by atoms with Crippen molar-refractivity contribution in [2.24, 2.45) is 0 Å². The third-order valence-electron chi connectivity index (χ3n) is 3.76. The summed E-state index contributed by atoms with van der Waals surface area (Å²) in [5, 5.41) is 0. The van der Waals surface area contributed by atoms with Gasteiger partial charge in [0.1, 0.15) is 12.4 Å². The number of rotatable bonds is 5. The van der Waals surface area contributed by atoms with Gasteiger partial charge in [-0.3, -0.25) is 4.90 Å². The largest absolute Gasteiger partial charge is 0.492 e. The molecule has 0 bridgehead atoms. The van der Waals surface area contributed by atoms with Gasteiger partial charge in [0.15, 0.2) is 0 Å². The smallest absolute Gasteiger partial charge is 0.128 e. The summed E-state index contributed by atoms with van der Waals surface area (Å²) >= 11 is 1.82. The molecule has 3 rings (SSSR count). The Hall–Kier alpha value is -1.32. The molecule has 0 unspecified atom stereocenters. The Balaban J connectivity index is 1.66. The van der Waals surface area contributed by atoms with E-state index in [1.165, 1.54) is 41.2 Å². The van der Waals surface area contributed by atoms with E-state index in [0.29, 0.717) is 0 Å². The minimum absolute atomic E-state index is 0.779. The van der Waals surface area contributed by atoms with E-state index in [-0.39, 0.29) is 0 Å². The van der Waals surface area contributed by atoms with Crippen molar-refractivity contribution in [3.05, 3.63) is 41.3 Å². The Morgan fingerprint density at radius 3 is 2.65 bits per heavy atom. The Morgan fingerprint density at radius 1 is 1.10 bits per heavy atom. The maximum atomic E-state index is 6.03. The summed E-state index contributed by atoms with van der Waals surface area (Å²) in [7, 11) is 0. The molecule has 2 heterocycles. The maximum Gasteiger partial charge on any atom is 0.128 e. The highest BCUT2D eigenvalue weighted by Gasteiger charge is 2.12. The summed E-state index contributed by atoms with van der Waals surface area (Å²) in [6.45, 7) is 6.43. The average molecular weight is 287 g/mol. The highest BCUT2D eigenvalue weighted by Crippen LogP contribution is 2.34. The summed E-state index contributed by atoms with van der Waals surface area (Å²) < 4.78 is 6.03.